The average Bonchev–Trinajstić information content (AvgIpc) is 2.86. The minimum absolute atomic E-state index is 1.05. The van der Waals surface area contributed by atoms with Gasteiger partial charge in [0.05, 0.1) is 11.4 Å². The van der Waals surface area contributed by atoms with Crippen molar-refractivity contribution >= 4 is 33.0 Å². The highest BCUT2D eigenvalue weighted by Gasteiger charge is 2.20. The van der Waals surface area contributed by atoms with E-state index in [4.69, 9.17) is 0 Å². The third-order valence-corrected chi connectivity index (χ3v) is 6.02. The third-order valence-electron chi connectivity index (χ3n) is 5.53. The molecule has 1 nitrogen and oxygen atoms in total. The van der Waals surface area contributed by atoms with Crippen LogP contribution in [0.25, 0.3) is 22.3 Å². The van der Waals surface area contributed by atoms with Crippen molar-refractivity contribution < 1.29 is 0 Å². The van der Waals surface area contributed by atoms with E-state index in [0.29, 0.717) is 0 Å². The molecule has 0 unspecified atom stereocenters. The minimum Gasteiger partial charge on any atom is -0.309 e. The second kappa shape index (κ2) is 9.25. The molecule has 5 aromatic rings. The summed E-state index contributed by atoms with van der Waals surface area (Å²) in [6, 6.07) is 46.8. The Labute approximate surface area is 197 Å². The predicted octanol–water partition coefficient (Wildman–Crippen LogP) is 9.25. The highest BCUT2D eigenvalue weighted by atomic mass is 79.9. The Morgan fingerprint density at radius 3 is 1.41 bits per heavy atom. The smallest absolute Gasteiger partial charge is 0.0540 e. The van der Waals surface area contributed by atoms with Crippen molar-refractivity contribution in [2.45, 2.75) is 0 Å². The molecule has 5 aromatic carbocycles. The van der Waals surface area contributed by atoms with E-state index in [0.717, 1.165) is 21.5 Å². The summed E-state index contributed by atoms with van der Waals surface area (Å²) in [6.45, 7) is 0. The maximum atomic E-state index is 3.68. The molecule has 0 aliphatic carbocycles. The van der Waals surface area contributed by atoms with Crippen LogP contribution in [0.5, 0.6) is 0 Å². The number of anilines is 3. The summed E-state index contributed by atoms with van der Waals surface area (Å²) >= 11 is 3.68. The molecule has 2 heteroatoms. The summed E-state index contributed by atoms with van der Waals surface area (Å²) < 4.78 is 1.05. The van der Waals surface area contributed by atoms with Crippen LogP contribution in [-0.4, -0.2) is 0 Å². The lowest BCUT2D eigenvalue weighted by Gasteiger charge is -2.30. The van der Waals surface area contributed by atoms with E-state index in [1.807, 2.05) is 0 Å². The first kappa shape index (κ1) is 20.3. The summed E-state index contributed by atoms with van der Waals surface area (Å²) in [5.41, 5.74) is 8.15. The molecule has 0 N–H and O–H groups in total. The molecule has 0 saturated heterocycles. The molecule has 0 aliphatic rings. The van der Waals surface area contributed by atoms with Gasteiger partial charge in [-0.05, 0) is 41.5 Å². The molecule has 0 radical (unpaired) electrons. The van der Waals surface area contributed by atoms with Crippen LogP contribution < -0.4 is 4.90 Å². The average molecular weight is 476 g/mol. The van der Waals surface area contributed by atoms with Gasteiger partial charge in [0.15, 0.2) is 0 Å². The van der Waals surface area contributed by atoms with Gasteiger partial charge in [0.1, 0.15) is 0 Å². The van der Waals surface area contributed by atoms with Crippen LogP contribution in [0.2, 0.25) is 0 Å². The number of hydrogen-bond acceptors (Lipinski definition) is 1. The van der Waals surface area contributed by atoms with E-state index in [1.54, 1.807) is 0 Å². The van der Waals surface area contributed by atoms with Gasteiger partial charge >= 0.3 is 0 Å². The number of rotatable bonds is 5. The normalized spacial score (nSPS) is 10.7. The first-order valence-corrected chi connectivity index (χ1v) is 11.5. The predicted molar refractivity (Wildman–Crippen MR) is 140 cm³/mol. The van der Waals surface area contributed by atoms with E-state index in [9.17, 15) is 0 Å². The van der Waals surface area contributed by atoms with E-state index in [-0.39, 0.29) is 0 Å². The number of nitrogens with zero attached hydrogens (tertiary/aromatic N) is 1. The Bertz CT molecular complexity index is 1250. The molecular weight excluding hydrogens is 454 g/mol. The van der Waals surface area contributed by atoms with Crippen molar-refractivity contribution in [1.82, 2.24) is 0 Å². The molecule has 0 atom stereocenters. The van der Waals surface area contributed by atoms with Crippen LogP contribution in [0.15, 0.2) is 138 Å². The molecule has 0 amide bonds. The van der Waals surface area contributed by atoms with Crippen molar-refractivity contribution in [1.29, 1.82) is 0 Å². The van der Waals surface area contributed by atoms with Crippen LogP contribution in [0, 0.1) is 0 Å². The largest absolute Gasteiger partial charge is 0.309 e. The standard InChI is InChI=1S/C30H22BrN/c31-25-16-11-17-26(22-25)32(29-20-9-7-18-27(29)23-12-3-1-4-13-23)30-21-10-8-19-28(30)24-14-5-2-6-15-24/h1-22H. The van der Waals surface area contributed by atoms with Crippen molar-refractivity contribution in [3.63, 3.8) is 0 Å². The zero-order valence-electron chi connectivity index (χ0n) is 17.5. The zero-order chi connectivity index (χ0) is 21.8. The van der Waals surface area contributed by atoms with Crippen molar-refractivity contribution in [3.8, 4) is 22.3 Å². The SMILES string of the molecule is Brc1cccc(N(c2ccccc2-c2ccccc2)c2ccccc2-c2ccccc2)c1. The van der Waals surface area contributed by atoms with Gasteiger partial charge in [-0.15, -0.1) is 0 Å². The molecule has 0 aromatic heterocycles. The summed E-state index contributed by atoms with van der Waals surface area (Å²) in [4.78, 5) is 2.36. The quantitative estimate of drug-likeness (QED) is 0.244. The highest BCUT2D eigenvalue weighted by Crippen LogP contribution is 2.44. The van der Waals surface area contributed by atoms with Crippen molar-refractivity contribution in [3.05, 3.63) is 138 Å². The van der Waals surface area contributed by atoms with Crippen molar-refractivity contribution in [2.24, 2.45) is 0 Å². The fourth-order valence-electron chi connectivity index (χ4n) is 4.08. The third kappa shape index (κ3) is 4.10. The van der Waals surface area contributed by atoms with Gasteiger partial charge in [-0.25, -0.2) is 0 Å². The van der Waals surface area contributed by atoms with Crippen LogP contribution in [-0.2, 0) is 0 Å². The molecular formula is C30H22BrN. The van der Waals surface area contributed by atoms with E-state index in [1.165, 1.54) is 22.3 Å². The molecule has 0 heterocycles. The molecule has 0 bridgehead atoms. The van der Waals surface area contributed by atoms with Gasteiger partial charge in [-0.2, -0.15) is 0 Å². The zero-order valence-corrected chi connectivity index (χ0v) is 19.1. The monoisotopic (exact) mass is 475 g/mol. The fourth-order valence-corrected chi connectivity index (χ4v) is 4.47. The number of halogens is 1. The second-order valence-corrected chi connectivity index (χ2v) is 8.50. The lowest BCUT2D eigenvalue weighted by molar-refractivity contribution is 1.28. The Balaban J connectivity index is 1.78. The van der Waals surface area contributed by atoms with E-state index < -0.39 is 0 Å². The van der Waals surface area contributed by atoms with E-state index in [2.05, 4.69) is 154 Å². The highest BCUT2D eigenvalue weighted by molar-refractivity contribution is 9.10. The summed E-state index contributed by atoms with van der Waals surface area (Å²) in [6.07, 6.45) is 0. The number of para-hydroxylation sites is 2. The van der Waals surface area contributed by atoms with Gasteiger partial charge in [-0.1, -0.05) is 119 Å². The molecule has 5 rings (SSSR count). The lowest BCUT2D eigenvalue weighted by atomic mass is 9.99. The first-order valence-electron chi connectivity index (χ1n) is 10.7. The van der Waals surface area contributed by atoms with Crippen LogP contribution in [0.4, 0.5) is 17.1 Å². The molecule has 0 fully saturated rings. The Hall–Kier alpha value is -3.62. The van der Waals surface area contributed by atoms with Gasteiger partial charge in [0, 0.05) is 21.3 Å². The lowest BCUT2D eigenvalue weighted by Crippen LogP contribution is -2.12. The van der Waals surface area contributed by atoms with Gasteiger partial charge in [0.2, 0.25) is 0 Å². The van der Waals surface area contributed by atoms with Crippen LogP contribution in [0.3, 0.4) is 0 Å². The van der Waals surface area contributed by atoms with Crippen molar-refractivity contribution in [2.75, 3.05) is 4.90 Å². The summed E-state index contributed by atoms with van der Waals surface area (Å²) in [7, 11) is 0. The maximum absolute atomic E-state index is 3.68. The minimum atomic E-state index is 1.05. The molecule has 0 aliphatic heterocycles. The maximum Gasteiger partial charge on any atom is 0.0540 e. The van der Waals surface area contributed by atoms with Gasteiger partial charge in [-0.3, -0.25) is 0 Å². The van der Waals surface area contributed by atoms with E-state index >= 15 is 0 Å². The molecule has 0 spiro atoms. The van der Waals surface area contributed by atoms with Gasteiger partial charge in [0.25, 0.3) is 0 Å². The summed E-state index contributed by atoms with van der Waals surface area (Å²) in [5.74, 6) is 0. The summed E-state index contributed by atoms with van der Waals surface area (Å²) in [5, 5.41) is 0. The topological polar surface area (TPSA) is 3.24 Å². The van der Waals surface area contributed by atoms with Gasteiger partial charge < -0.3 is 4.90 Å². The Kier molecular flexibility index (Phi) is 5.87. The number of hydrogen-bond donors (Lipinski definition) is 0. The number of benzene rings is 5. The first-order chi connectivity index (χ1) is 15.8. The van der Waals surface area contributed by atoms with Crippen LogP contribution in [0.1, 0.15) is 0 Å². The fraction of sp³-hybridized carbons (Fsp3) is 0. The molecule has 32 heavy (non-hydrogen) atoms. The molecule has 154 valence electrons. The Morgan fingerprint density at radius 1 is 0.438 bits per heavy atom. The Morgan fingerprint density at radius 2 is 0.906 bits per heavy atom. The van der Waals surface area contributed by atoms with Crippen LogP contribution >= 0.6 is 15.9 Å². The molecule has 0 saturated carbocycles. The second-order valence-electron chi connectivity index (χ2n) is 7.58.